The zero-order chi connectivity index (χ0) is 20.8. The molecule has 1 aliphatic rings. The first-order valence-electron chi connectivity index (χ1n) is 10.6. The molecule has 0 radical (unpaired) electrons. The topological polar surface area (TPSA) is 24.5 Å². The van der Waals surface area contributed by atoms with Crippen LogP contribution in [0.3, 0.4) is 0 Å². The van der Waals surface area contributed by atoms with Crippen molar-refractivity contribution in [3.63, 3.8) is 0 Å². The number of nitrogens with one attached hydrogen (secondary N) is 1. The number of nitrogens with zero attached hydrogens (tertiary/aromatic N) is 1. The third-order valence-electron chi connectivity index (χ3n) is 5.97. The fourth-order valence-electron chi connectivity index (χ4n) is 4.34. The van der Waals surface area contributed by atoms with Gasteiger partial charge in [0.05, 0.1) is 7.11 Å². The van der Waals surface area contributed by atoms with Crippen molar-refractivity contribution in [2.75, 3.05) is 31.6 Å². The number of hydrogen-bond acceptors (Lipinski definition) is 3. The van der Waals surface area contributed by atoms with Crippen LogP contribution < -0.4 is 15.0 Å². The molecule has 30 heavy (non-hydrogen) atoms. The van der Waals surface area contributed by atoms with Crippen LogP contribution >= 0.6 is 11.6 Å². The number of rotatable bonds is 8. The largest absolute Gasteiger partial charge is 0.497 e. The molecule has 4 heteroatoms. The molecular weight excluding hydrogens is 392 g/mol. The Kier molecular flexibility index (Phi) is 6.93. The average Bonchev–Trinajstić information content (AvgIpc) is 3.21. The Balaban J connectivity index is 1.53. The summed E-state index contributed by atoms with van der Waals surface area (Å²) in [5.74, 6) is 2.12. The van der Waals surface area contributed by atoms with Crippen LogP contribution in [0.1, 0.15) is 11.1 Å². The van der Waals surface area contributed by atoms with Gasteiger partial charge in [-0.2, -0.15) is 0 Å². The quantitative estimate of drug-likeness (QED) is 0.525. The number of halogens is 1. The average molecular weight is 421 g/mol. The van der Waals surface area contributed by atoms with E-state index in [9.17, 15) is 0 Å². The van der Waals surface area contributed by atoms with Crippen molar-refractivity contribution in [3.05, 3.63) is 95.0 Å². The van der Waals surface area contributed by atoms with Crippen LogP contribution in [-0.2, 0) is 13.0 Å². The van der Waals surface area contributed by atoms with Crippen LogP contribution in [0.5, 0.6) is 5.75 Å². The van der Waals surface area contributed by atoms with Gasteiger partial charge >= 0.3 is 0 Å². The van der Waals surface area contributed by atoms with Crippen LogP contribution in [0, 0.1) is 11.8 Å². The van der Waals surface area contributed by atoms with Crippen molar-refractivity contribution in [2.45, 2.75) is 13.0 Å². The van der Waals surface area contributed by atoms with Crippen LogP contribution in [0.4, 0.5) is 5.69 Å². The minimum atomic E-state index is 0.589. The highest BCUT2D eigenvalue weighted by molar-refractivity contribution is 6.30. The summed E-state index contributed by atoms with van der Waals surface area (Å²) in [4.78, 5) is 2.47. The van der Waals surface area contributed by atoms with Crippen molar-refractivity contribution in [1.82, 2.24) is 5.32 Å². The van der Waals surface area contributed by atoms with Crippen LogP contribution in [-0.4, -0.2) is 26.7 Å². The Labute approximate surface area is 184 Å². The normalized spacial score (nSPS) is 18.3. The first kappa shape index (κ1) is 20.8. The second kappa shape index (κ2) is 10.0. The molecule has 3 aromatic rings. The van der Waals surface area contributed by atoms with Gasteiger partial charge in [0.15, 0.2) is 0 Å². The highest BCUT2D eigenvalue weighted by Crippen LogP contribution is 2.27. The molecule has 1 aliphatic heterocycles. The first-order chi connectivity index (χ1) is 14.7. The van der Waals surface area contributed by atoms with E-state index in [0.29, 0.717) is 11.8 Å². The van der Waals surface area contributed by atoms with Crippen molar-refractivity contribution in [3.8, 4) is 5.75 Å². The molecule has 0 aliphatic carbocycles. The molecule has 0 amide bonds. The molecular formula is C26H29ClN2O. The van der Waals surface area contributed by atoms with E-state index >= 15 is 0 Å². The van der Waals surface area contributed by atoms with E-state index in [4.69, 9.17) is 16.3 Å². The maximum Gasteiger partial charge on any atom is 0.119 e. The molecule has 0 saturated carbocycles. The molecule has 3 aromatic carbocycles. The maximum atomic E-state index is 6.15. The van der Waals surface area contributed by atoms with E-state index in [1.54, 1.807) is 7.11 Å². The van der Waals surface area contributed by atoms with Crippen molar-refractivity contribution < 1.29 is 4.74 Å². The van der Waals surface area contributed by atoms with Gasteiger partial charge in [0.25, 0.3) is 0 Å². The second-order valence-corrected chi connectivity index (χ2v) is 8.51. The van der Waals surface area contributed by atoms with E-state index in [-0.39, 0.29) is 0 Å². The highest BCUT2D eigenvalue weighted by Gasteiger charge is 2.29. The van der Waals surface area contributed by atoms with E-state index < -0.39 is 0 Å². The molecule has 0 bridgehead atoms. The molecule has 0 spiro atoms. The number of ether oxygens (including phenoxy) is 1. The van der Waals surface area contributed by atoms with Gasteiger partial charge in [0.2, 0.25) is 0 Å². The standard InChI is InChI=1S/C26H29ClN2O/c1-30-26-9-5-8-21(15-26)18-29(25-12-10-24(27)11-13-25)19-23-17-28-16-22(23)14-20-6-3-2-4-7-20/h2-13,15,22-23,28H,14,16-19H2,1H3/t22-,23+/m0/s1. The van der Waals surface area contributed by atoms with E-state index in [1.807, 2.05) is 18.2 Å². The third kappa shape index (κ3) is 5.35. The van der Waals surface area contributed by atoms with E-state index in [1.165, 1.54) is 16.8 Å². The fraction of sp³-hybridized carbons (Fsp3) is 0.308. The minimum Gasteiger partial charge on any atom is -0.497 e. The Morgan fingerprint density at radius 3 is 2.40 bits per heavy atom. The molecule has 1 fully saturated rings. The summed E-state index contributed by atoms with van der Waals surface area (Å²) in [6, 6.07) is 27.4. The lowest BCUT2D eigenvalue weighted by Gasteiger charge is -2.30. The van der Waals surface area contributed by atoms with Gasteiger partial charge in [-0.1, -0.05) is 54.1 Å². The summed E-state index contributed by atoms with van der Waals surface area (Å²) in [7, 11) is 1.72. The summed E-state index contributed by atoms with van der Waals surface area (Å²) < 4.78 is 5.43. The SMILES string of the molecule is COc1cccc(CN(C[C@H]2CNC[C@@H]2Cc2ccccc2)c2ccc(Cl)cc2)c1. The maximum absolute atomic E-state index is 6.15. The lowest BCUT2D eigenvalue weighted by atomic mass is 9.89. The number of hydrogen-bond donors (Lipinski definition) is 1. The Hall–Kier alpha value is -2.49. The molecule has 4 rings (SSSR count). The number of methoxy groups -OCH3 is 1. The van der Waals surface area contributed by atoms with E-state index in [2.05, 4.69) is 70.9 Å². The predicted octanol–water partition coefficient (Wildman–Crippen LogP) is 5.43. The van der Waals surface area contributed by atoms with Gasteiger partial charge in [-0.05, 0) is 78.9 Å². The predicted molar refractivity (Wildman–Crippen MR) is 125 cm³/mol. The molecule has 0 unspecified atom stereocenters. The molecule has 1 N–H and O–H groups in total. The van der Waals surface area contributed by atoms with Crippen molar-refractivity contribution in [1.29, 1.82) is 0 Å². The van der Waals surface area contributed by atoms with Crippen LogP contribution in [0.15, 0.2) is 78.9 Å². The Morgan fingerprint density at radius 2 is 1.63 bits per heavy atom. The zero-order valence-electron chi connectivity index (χ0n) is 17.4. The summed E-state index contributed by atoms with van der Waals surface area (Å²) in [5, 5.41) is 4.39. The van der Waals surface area contributed by atoms with Gasteiger partial charge in [-0.25, -0.2) is 0 Å². The fourth-order valence-corrected chi connectivity index (χ4v) is 4.47. The summed E-state index contributed by atoms with van der Waals surface area (Å²) in [5.41, 5.74) is 3.87. The highest BCUT2D eigenvalue weighted by atomic mass is 35.5. The van der Waals surface area contributed by atoms with Gasteiger partial charge in [0.1, 0.15) is 5.75 Å². The molecule has 156 valence electrons. The molecule has 1 heterocycles. The lowest BCUT2D eigenvalue weighted by Crippen LogP contribution is -2.33. The smallest absolute Gasteiger partial charge is 0.119 e. The van der Waals surface area contributed by atoms with Gasteiger partial charge in [0, 0.05) is 23.8 Å². The first-order valence-corrected chi connectivity index (χ1v) is 11.0. The van der Waals surface area contributed by atoms with Crippen LogP contribution in [0.2, 0.25) is 5.02 Å². The zero-order valence-corrected chi connectivity index (χ0v) is 18.2. The molecule has 3 nitrogen and oxygen atoms in total. The van der Waals surface area contributed by atoms with Crippen LogP contribution in [0.25, 0.3) is 0 Å². The summed E-state index contributed by atoms with van der Waals surface area (Å²) in [6.07, 6.45) is 1.12. The Morgan fingerprint density at radius 1 is 0.900 bits per heavy atom. The minimum absolute atomic E-state index is 0.589. The van der Waals surface area contributed by atoms with Gasteiger partial charge in [-0.3, -0.25) is 0 Å². The van der Waals surface area contributed by atoms with Gasteiger partial charge in [-0.15, -0.1) is 0 Å². The van der Waals surface area contributed by atoms with Crippen molar-refractivity contribution in [2.24, 2.45) is 11.8 Å². The molecule has 0 aromatic heterocycles. The van der Waals surface area contributed by atoms with Gasteiger partial charge < -0.3 is 15.0 Å². The monoisotopic (exact) mass is 420 g/mol. The third-order valence-corrected chi connectivity index (χ3v) is 6.23. The summed E-state index contributed by atoms with van der Waals surface area (Å²) in [6.45, 7) is 3.98. The Bertz CT molecular complexity index is 929. The lowest BCUT2D eigenvalue weighted by molar-refractivity contribution is 0.410. The molecule has 1 saturated heterocycles. The second-order valence-electron chi connectivity index (χ2n) is 8.08. The number of benzene rings is 3. The van der Waals surface area contributed by atoms with E-state index in [0.717, 1.165) is 43.4 Å². The molecule has 2 atom stereocenters. The van der Waals surface area contributed by atoms with Crippen molar-refractivity contribution >= 4 is 17.3 Å². The number of anilines is 1. The summed E-state index contributed by atoms with van der Waals surface area (Å²) >= 11 is 6.15.